The second kappa shape index (κ2) is 7.52. The Morgan fingerprint density at radius 1 is 1.48 bits per heavy atom. The Labute approximate surface area is 129 Å². The van der Waals surface area contributed by atoms with E-state index in [-0.39, 0.29) is 6.04 Å². The smallest absolute Gasteiger partial charge is 0.404 e. The first-order valence-corrected chi connectivity index (χ1v) is 7.52. The summed E-state index contributed by atoms with van der Waals surface area (Å²) in [7, 11) is 0. The number of rotatable bonds is 5. The highest BCUT2D eigenvalue weighted by Crippen LogP contribution is 2.18. The molecule has 21 heavy (non-hydrogen) atoms. The number of benzene rings is 1. The maximum Gasteiger partial charge on any atom is 0.404 e. The molecule has 0 aliphatic carbocycles. The molecule has 1 amide bonds. The largest absolute Gasteiger partial charge is 0.492 e. The lowest BCUT2D eigenvalue weighted by Gasteiger charge is -2.36. The first kappa shape index (κ1) is 15.9. The van der Waals surface area contributed by atoms with Gasteiger partial charge < -0.3 is 15.2 Å². The molecule has 1 aromatic carbocycles. The Hall–Kier alpha value is -1.46. The van der Waals surface area contributed by atoms with E-state index in [1.807, 2.05) is 24.3 Å². The van der Waals surface area contributed by atoms with Crippen LogP contribution in [0.2, 0.25) is 5.02 Å². The van der Waals surface area contributed by atoms with E-state index in [1.165, 1.54) is 0 Å². The van der Waals surface area contributed by atoms with Gasteiger partial charge in [0, 0.05) is 30.7 Å². The van der Waals surface area contributed by atoms with Crippen molar-refractivity contribution in [3.63, 3.8) is 0 Å². The molecule has 1 aliphatic rings. The van der Waals surface area contributed by atoms with Crippen molar-refractivity contribution in [1.82, 2.24) is 10.2 Å². The minimum atomic E-state index is -0.939. The van der Waals surface area contributed by atoms with Crippen molar-refractivity contribution in [1.29, 1.82) is 0 Å². The molecule has 0 saturated carbocycles. The van der Waals surface area contributed by atoms with Gasteiger partial charge in [0.15, 0.2) is 0 Å². The highest BCUT2D eigenvalue weighted by atomic mass is 35.5. The second-order valence-electron chi connectivity index (χ2n) is 5.42. The van der Waals surface area contributed by atoms with Gasteiger partial charge in [-0.15, -0.1) is 0 Å². The van der Waals surface area contributed by atoms with Crippen LogP contribution in [0, 0.1) is 5.92 Å². The van der Waals surface area contributed by atoms with Gasteiger partial charge in [-0.05, 0) is 36.6 Å². The van der Waals surface area contributed by atoms with Crippen LogP contribution >= 0.6 is 11.6 Å². The summed E-state index contributed by atoms with van der Waals surface area (Å²) in [5, 5.41) is 12.1. The molecular weight excluding hydrogens is 292 g/mol. The van der Waals surface area contributed by atoms with Crippen molar-refractivity contribution in [2.24, 2.45) is 5.92 Å². The van der Waals surface area contributed by atoms with Crippen LogP contribution in [-0.2, 0) is 0 Å². The molecule has 2 rings (SSSR count). The molecule has 116 valence electrons. The number of likely N-dealkylation sites (tertiary alicyclic amines) is 1. The summed E-state index contributed by atoms with van der Waals surface area (Å²) in [5.41, 5.74) is 0. The summed E-state index contributed by atoms with van der Waals surface area (Å²) in [5.74, 6) is 1.13. The van der Waals surface area contributed by atoms with Gasteiger partial charge in [0.1, 0.15) is 12.4 Å². The fourth-order valence-electron chi connectivity index (χ4n) is 2.63. The van der Waals surface area contributed by atoms with E-state index in [0.717, 1.165) is 31.8 Å². The number of amides is 1. The average Bonchev–Trinajstić information content (AvgIpc) is 2.43. The summed E-state index contributed by atoms with van der Waals surface area (Å²) in [6, 6.07) is 7.38. The van der Waals surface area contributed by atoms with Crippen molar-refractivity contribution in [3.8, 4) is 5.75 Å². The summed E-state index contributed by atoms with van der Waals surface area (Å²) in [4.78, 5) is 13.0. The van der Waals surface area contributed by atoms with Gasteiger partial charge in [-0.25, -0.2) is 4.79 Å². The van der Waals surface area contributed by atoms with Crippen molar-refractivity contribution in [2.75, 3.05) is 26.2 Å². The molecule has 2 atom stereocenters. The zero-order valence-electron chi connectivity index (χ0n) is 12.1. The van der Waals surface area contributed by atoms with E-state index >= 15 is 0 Å². The third kappa shape index (κ3) is 5.10. The number of piperidine rings is 1. The zero-order chi connectivity index (χ0) is 15.2. The lowest BCUT2D eigenvalue weighted by Crippen LogP contribution is -2.50. The minimum absolute atomic E-state index is 0.0518. The van der Waals surface area contributed by atoms with Crippen LogP contribution in [-0.4, -0.2) is 48.4 Å². The molecule has 2 unspecified atom stereocenters. The highest BCUT2D eigenvalue weighted by Gasteiger charge is 2.26. The molecular formula is C15H21ClN2O3. The lowest BCUT2D eigenvalue weighted by molar-refractivity contribution is 0.121. The number of carbonyl (C=O) groups is 1. The summed E-state index contributed by atoms with van der Waals surface area (Å²) < 4.78 is 5.68. The van der Waals surface area contributed by atoms with Crippen LogP contribution < -0.4 is 10.1 Å². The Morgan fingerprint density at radius 2 is 2.19 bits per heavy atom. The fourth-order valence-corrected chi connectivity index (χ4v) is 2.76. The van der Waals surface area contributed by atoms with E-state index in [9.17, 15) is 4.79 Å². The van der Waals surface area contributed by atoms with Gasteiger partial charge in [-0.1, -0.05) is 18.5 Å². The van der Waals surface area contributed by atoms with Crippen LogP contribution in [0.4, 0.5) is 4.79 Å². The first-order chi connectivity index (χ1) is 10.0. The molecule has 2 N–H and O–H groups in total. The number of halogens is 1. The van der Waals surface area contributed by atoms with Crippen LogP contribution in [0.15, 0.2) is 24.3 Å². The third-order valence-electron chi connectivity index (χ3n) is 3.79. The molecule has 1 aliphatic heterocycles. The molecule has 1 aromatic rings. The van der Waals surface area contributed by atoms with Crippen LogP contribution in [0.25, 0.3) is 0 Å². The lowest BCUT2D eigenvalue weighted by atomic mass is 9.94. The van der Waals surface area contributed by atoms with Crippen molar-refractivity contribution < 1.29 is 14.6 Å². The average molecular weight is 313 g/mol. The van der Waals surface area contributed by atoms with E-state index in [0.29, 0.717) is 17.5 Å². The van der Waals surface area contributed by atoms with Crippen molar-refractivity contribution in [3.05, 3.63) is 29.3 Å². The highest BCUT2D eigenvalue weighted by molar-refractivity contribution is 6.30. The van der Waals surface area contributed by atoms with Crippen LogP contribution in [0.1, 0.15) is 13.3 Å². The molecule has 6 heteroatoms. The molecule has 5 nitrogen and oxygen atoms in total. The van der Waals surface area contributed by atoms with Crippen LogP contribution in [0.5, 0.6) is 5.75 Å². The molecule has 1 saturated heterocycles. The van der Waals surface area contributed by atoms with Gasteiger partial charge in [-0.3, -0.25) is 4.90 Å². The van der Waals surface area contributed by atoms with Crippen LogP contribution in [0.3, 0.4) is 0 Å². The summed E-state index contributed by atoms with van der Waals surface area (Å²) in [6.45, 7) is 5.30. The van der Waals surface area contributed by atoms with Gasteiger partial charge >= 0.3 is 6.09 Å². The van der Waals surface area contributed by atoms with Crippen molar-refractivity contribution in [2.45, 2.75) is 19.4 Å². The molecule has 1 fully saturated rings. The van der Waals surface area contributed by atoms with Gasteiger partial charge in [0.05, 0.1) is 0 Å². The first-order valence-electron chi connectivity index (χ1n) is 7.15. The van der Waals surface area contributed by atoms with E-state index in [2.05, 4.69) is 17.1 Å². The Morgan fingerprint density at radius 3 is 2.81 bits per heavy atom. The van der Waals surface area contributed by atoms with Gasteiger partial charge in [0.2, 0.25) is 0 Å². The number of carboxylic acid groups (broad SMARTS) is 1. The van der Waals surface area contributed by atoms with E-state index in [4.69, 9.17) is 21.4 Å². The predicted molar refractivity (Wildman–Crippen MR) is 82.1 cm³/mol. The number of nitrogens with one attached hydrogen (secondary N) is 1. The van der Waals surface area contributed by atoms with E-state index in [1.54, 1.807) is 0 Å². The topological polar surface area (TPSA) is 61.8 Å². The predicted octanol–water partition coefficient (Wildman–Crippen LogP) is 2.70. The molecule has 0 bridgehead atoms. The quantitative estimate of drug-likeness (QED) is 0.877. The molecule has 0 radical (unpaired) electrons. The SMILES string of the molecule is CC1CN(CCOc2ccc(Cl)cc2)CCC1NC(=O)O. The maximum absolute atomic E-state index is 10.7. The second-order valence-corrected chi connectivity index (χ2v) is 5.86. The Kier molecular flexibility index (Phi) is 5.70. The Bertz CT molecular complexity index is 466. The Balaban J connectivity index is 1.70. The van der Waals surface area contributed by atoms with Crippen molar-refractivity contribution >= 4 is 17.7 Å². The van der Waals surface area contributed by atoms with Gasteiger partial charge in [-0.2, -0.15) is 0 Å². The number of hydrogen-bond donors (Lipinski definition) is 2. The standard InChI is InChI=1S/C15H21ClN2O3/c1-11-10-18(7-6-14(11)17-15(19)20)8-9-21-13-4-2-12(16)3-5-13/h2-5,11,14,17H,6-10H2,1H3,(H,19,20). The molecule has 0 spiro atoms. The van der Waals surface area contributed by atoms with Gasteiger partial charge in [0.25, 0.3) is 0 Å². The fraction of sp³-hybridized carbons (Fsp3) is 0.533. The number of nitrogens with zero attached hydrogens (tertiary/aromatic N) is 1. The maximum atomic E-state index is 10.7. The zero-order valence-corrected chi connectivity index (χ0v) is 12.8. The molecule has 1 heterocycles. The number of hydrogen-bond acceptors (Lipinski definition) is 3. The van der Waals surface area contributed by atoms with E-state index < -0.39 is 6.09 Å². The summed E-state index contributed by atoms with van der Waals surface area (Å²) >= 11 is 5.82. The third-order valence-corrected chi connectivity index (χ3v) is 4.04. The number of ether oxygens (including phenoxy) is 1. The minimum Gasteiger partial charge on any atom is -0.492 e. The normalized spacial score (nSPS) is 22.8. The summed E-state index contributed by atoms with van der Waals surface area (Å²) in [6.07, 6.45) is -0.0969. The molecule has 0 aromatic heterocycles. The monoisotopic (exact) mass is 312 g/mol.